The Bertz CT molecular complexity index is 798. The van der Waals surface area contributed by atoms with Gasteiger partial charge in [0.15, 0.2) is 6.73 Å². The van der Waals surface area contributed by atoms with E-state index in [1.54, 1.807) is 7.11 Å². The van der Waals surface area contributed by atoms with E-state index in [2.05, 4.69) is 19.1 Å². The minimum Gasteiger partial charge on any atom is -0.473 e. The summed E-state index contributed by atoms with van der Waals surface area (Å²) in [5, 5.41) is 0. The summed E-state index contributed by atoms with van der Waals surface area (Å²) in [7, 11) is 1.78. The molecule has 5 atom stereocenters. The van der Waals surface area contributed by atoms with Gasteiger partial charge in [0.1, 0.15) is 5.75 Å². The largest absolute Gasteiger partial charge is 0.473 e. The molecule has 0 N–H and O–H groups in total. The summed E-state index contributed by atoms with van der Waals surface area (Å²) < 4.78 is 23.3. The second-order valence-corrected chi connectivity index (χ2v) is 9.59. The van der Waals surface area contributed by atoms with Gasteiger partial charge in [0, 0.05) is 25.9 Å². The normalized spacial score (nSPS) is 35.6. The van der Waals surface area contributed by atoms with Crippen molar-refractivity contribution >= 4 is 5.91 Å². The molecule has 1 aromatic rings. The first-order chi connectivity index (χ1) is 14.6. The zero-order chi connectivity index (χ0) is 20.7. The average Bonchev–Trinajstić information content (AvgIpc) is 3.31. The van der Waals surface area contributed by atoms with E-state index in [4.69, 9.17) is 18.9 Å². The Labute approximate surface area is 178 Å². The lowest BCUT2D eigenvalue weighted by Gasteiger charge is -2.37. The standard InChI is InChI=1S/C24H33NO5/c1-16-3-4-20-19(9-16)13-25(15-30-20)23(26)24-6-8-29-22(24)11-17(12-24)10-18-5-7-28-14-21(18)27-2/h3-4,9,17-18,21-22H,5-8,10-15H2,1-2H3/t17-,18+,21+,22-,24-/m1/s1. The van der Waals surface area contributed by atoms with Crippen molar-refractivity contribution in [3.63, 3.8) is 0 Å². The number of carbonyl (C=O) groups is 1. The van der Waals surface area contributed by atoms with Crippen LogP contribution < -0.4 is 4.74 Å². The van der Waals surface area contributed by atoms with Gasteiger partial charge in [-0.25, -0.2) is 0 Å². The van der Waals surface area contributed by atoms with Crippen LogP contribution in [-0.4, -0.2) is 56.7 Å². The lowest BCUT2D eigenvalue weighted by atomic mass is 9.78. The summed E-state index contributed by atoms with van der Waals surface area (Å²) in [6, 6.07) is 6.20. The molecule has 2 saturated heterocycles. The third-order valence-electron chi connectivity index (χ3n) is 7.73. The first-order valence-corrected chi connectivity index (χ1v) is 11.3. The van der Waals surface area contributed by atoms with Gasteiger partial charge in [0.25, 0.3) is 0 Å². The second-order valence-electron chi connectivity index (χ2n) is 9.59. The molecule has 3 heterocycles. The average molecular weight is 416 g/mol. The molecular formula is C24H33NO5. The van der Waals surface area contributed by atoms with Crippen molar-refractivity contribution in [2.45, 2.75) is 57.8 Å². The molecular weight excluding hydrogens is 382 g/mol. The smallest absolute Gasteiger partial charge is 0.234 e. The van der Waals surface area contributed by atoms with Crippen molar-refractivity contribution in [2.75, 3.05) is 33.7 Å². The summed E-state index contributed by atoms with van der Waals surface area (Å²) >= 11 is 0. The van der Waals surface area contributed by atoms with Crippen molar-refractivity contribution in [1.82, 2.24) is 4.90 Å². The van der Waals surface area contributed by atoms with E-state index in [9.17, 15) is 4.79 Å². The van der Waals surface area contributed by atoms with E-state index < -0.39 is 0 Å². The Kier molecular flexibility index (Phi) is 5.50. The highest BCUT2D eigenvalue weighted by Crippen LogP contribution is 2.53. The number of amides is 1. The monoisotopic (exact) mass is 415 g/mol. The Morgan fingerprint density at radius 2 is 2.23 bits per heavy atom. The molecule has 1 amide bonds. The van der Waals surface area contributed by atoms with Gasteiger partial charge in [-0.05, 0) is 56.9 Å². The number of hydrogen-bond acceptors (Lipinski definition) is 5. The first-order valence-electron chi connectivity index (χ1n) is 11.3. The third kappa shape index (κ3) is 3.53. The zero-order valence-electron chi connectivity index (χ0n) is 18.1. The molecule has 4 aliphatic rings. The Balaban J connectivity index is 1.30. The molecule has 6 nitrogen and oxygen atoms in total. The van der Waals surface area contributed by atoms with Crippen LogP contribution in [0, 0.1) is 24.2 Å². The second kappa shape index (κ2) is 8.13. The van der Waals surface area contributed by atoms with Crippen molar-refractivity contribution in [2.24, 2.45) is 17.3 Å². The van der Waals surface area contributed by atoms with E-state index in [1.807, 2.05) is 11.0 Å². The van der Waals surface area contributed by atoms with Crippen molar-refractivity contribution in [3.05, 3.63) is 29.3 Å². The number of methoxy groups -OCH3 is 1. The number of carbonyl (C=O) groups excluding carboxylic acids is 1. The van der Waals surface area contributed by atoms with Crippen molar-refractivity contribution in [1.29, 1.82) is 0 Å². The maximum Gasteiger partial charge on any atom is 0.234 e. The summed E-state index contributed by atoms with van der Waals surface area (Å²) in [6.45, 7) is 5.21. The molecule has 1 aliphatic carbocycles. The lowest BCUT2D eigenvalue weighted by molar-refractivity contribution is -0.149. The number of hydrogen-bond donors (Lipinski definition) is 0. The fraction of sp³-hybridized carbons (Fsp3) is 0.708. The van der Waals surface area contributed by atoms with Gasteiger partial charge < -0.3 is 23.8 Å². The summed E-state index contributed by atoms with van der Waals surface area (Å²) in [5.74, 6) is 2.12. The van der Waals surface area contributed by atoms with E-state index >= 15 is 0 Å². The summed E-state index contributed by atoms with van der Waals surface area (Å²) in [5.41, 5.74) is 1.90. The SMILES string of the molecule is CO[C@H]1COCC[C@H]1C[C@@H]1C[C@H]2OCC[C@@]2(C(=O)N2COc3ccc(C)cc3C2)C1. The predicted octanol–water partition coefficient (Wildman–Crippen LogP) is 3.30. The molecule has 3 aliphatic heterocycles. The fourth-order valence-corrected chi connectivity index (χ4v) is 6.17. The Morgan fingerprint density at radius 1 is 1.33 bits per heavy atom. The van der Waals surface area contributed by atoms with Crippen LogP contribution in [0.2, 0.25) is 0 Å². The third-order valence-corrected chi connectivity index (χ3v) is 7.73. The van der Waals surface area contributed by atoms with Crippen LogP contribution >= 0.6 is 0 Å². The Morgan fingerprint density at radius 3 is 3.10 bits per heavy atom. The fourth-order valence-electron chi connectivity index (χ4n) is 6.17. The molecule has 30 heavy (non-hydrogen) atoms. The van der Waals surface area contributed by atoms with Gasteiger partial charge in [-0.3, -0.25) is 4.79 Å². The maximum absolute atomic E-state index is 13.8. The quantitative estimate of drug-likeness (QED) is 0.755. The van der Waals surface area contributed by atoms with Crippen LogP contribution in [0.25, 0.3) is 0 Å². The van der Waals surface area contributed by atoms with Gasteiger partial charge in [-0.2, -0.15) is 0 Å². The van der Waals surface area contributed by atoms with E-state index in [1.165, 1.54) is 5.56 Å². The van der Waals surface area contributed by atoms with Crippen molar-refractivity contribution in [3.8, 4) is 5.75 Å². The number of aryl methyl sites for hydroxylation is 1. The van der Waals surface area contributed by atoms with Gasteiger partial charge in [-0.1, -0.05) is 17.7 Å². The molecule has 0 unspecified atom stereocenters. The number of ether oxygens (including phenoxy) is 4. The highest BCUT2D eigenvalue weighted by molar-refractivity contribution is 5.84. The molecule has 6 heteroatoms. The van der Waals surface area contributed by atoms with Crippen LogP contribution in [0.15, 0.2) is 18.2 Å². The molecule has 3 fully saturated rings. The van der Waals surface area contributed by atoms with Crippen LogP contribution in [-0.2, 0) is 25.5 Å². The molecule has 1 aromatic carbocycles. The van der Waals surface area contributed by atoms with Crippen LogP contribution in [0.5, 0.6) is 5.75 Å². The zero-order valence-corrected chi connectivity index (χ0v) is 18.1. The molecule has 1 saturated carbocycles. The summed E-state index contributed by atoms with van der Waals surface area (Å²) in [4.78, 5) is 15.7. The minimum absolute atomic E-state index is 0.0368. The van der Waals surface area contributed by atoms with E-state index in [0.717, 1.165) is 50.0 Å². The molecule has 164 valence electrons. The first kappa shape index (κ1) is 20.3. The highest BCUT2D eigenvalue weighted by atomic mass is 16.5. The topological polar surface area (TPSA) is 57.2 Å². The number of fused-ring (bicyclic) bond motifs is 2. The van der Waals surface area contributed by atoms with E-state index in [0.29, 0.717) is 38.3 Å². The van der Waals surface area contributed by atoms with Crippen molar-refractivity contribution < 1.29 is 23.7 Å². The van der Waals surface area contributed by atoms with Crippen LogP contribution in [0.1, 0.15) is 43.2 Å². The molecule has 0 radical (unpaired) electrons. The number of benzene rings is 1. The van der Waals surface area contributed by atoms with Gasteiger partial charge >= 0.3 is 0 Å². The van der Waals surface area contributed by atoms with Crippen LogP contribution in [0.4, 0.5) is 0 Å². The Hall–Kier alpha value is -1.63. The van der Waals surface area contributed by atoms with Gasteiger partial charge in [-0.15, -0.1) is 0 Å². The highest BCUT2D eigenvalue weighted by Gasteiger charge is 2.57. The number of nitrogens with zero attached hydrogens (tertiary/aromatic N) is 1. The van der Waals surface area contributed by atoms with E-state index in [-0.39, 0.29) is 23.5 Å². The molecule has 0 aromatic heterocycles. The van der Waals surface area contributed by atoms with Crippen LogP contribution in [0.3, 0.4) is 0 Å². The van der Waals surface area contributed by atoms with Gasteiger partial charge in [0.05, 0.1) is 30.8 Å². The molecule has 0 bridgehead atoms. The lowest BCUT2D eigenvalue weighted by Crippen LogP contribution is -2.48. The predicted molar refractivity (Wildman–Crippen MR) is 111 cm³/mol. The molecule has 0 spiro atoms. The maximum atomic E-state index is 13.8. The summed E-state index contributed by atoms with van der Waals surface area (Å²) in [6.07, 6.45) is 5.06. The molecule has 5 rings (SSSR count). The van der Waals surface area contributed by atoms with Gasteiger partial charge in [0.2, 0.25) is 5.91 Å². The number of rotatable bonds is 4. The minimum atomic E-state index is -0.386.